The summed E-state index contributed by atoms with van der Waals surface area (Å²) < 4.78 is 36.5. The lowest BCUT2D eigenvalue weighted by atomic mass is 9.46. The third-order valence-electron chi connectivity index (χ3n) is 8.94. The first-order chi connectivity index (χ1) is 13.4. The summed E-state index contributed by atoms with van der Waals surface area (Å²) >= 11 is 0. The molecule has 1 unspecified atom stereocenters. The van der Waals surface area contributed by atoms with Crippen molar-refractivity contribution in [3.63, 3.8) is 0 Å². The average molecular weight is 423 g/mol. The van der Waals surface area contributed by atoms with Crippen molar-refractivity contribution in [2.24, 2.45) is 28.6 Å². The molecule has 0 saturated heterocycles. The first-order valence-electron chi connectivity index (χ1n) is 10.9. The van der Waals surface area contributed by atoms with Gasteiger partial charge in [0.2, 0.25) is 0 Å². The molecular formula is C23H34O5S. The maximum absolute atomic E-state index is 12.4. The van der Waals surface area contributed by atoms with Gasteiger partial charge in [-0.25, -0.2) is 4.18 Å². The van der Waals surface area contributed by atoms with Gasteiger partial charge in [-0.05, 0) is 99.9 Å². The molecule has 162 valence electrons. The number of carbonyl (C=O) groups is 1. The lowest BCUT2D eigenvalue weighted by molar-refractivity contribution is -0.115. The highest BCUT2D eigenvalue weighted by Gasteiger charge is 2.59. The lowest BCUT2D eigenvalue weighted by Gasteiger charge is -2.58. The topological polar surface area (TPSA) is 80.7 Å². The van der Waals surface area contributed by atoms with Crippen molar-refractivity contribution in [2.75, 3.05) is 0 Å². The van der Waals surface area contributed by atoms with E-state index < -0.39 is 16.5 Å². The molecule has 0 aliphatic heterocycles. The Labute approximate surface area is 174 Å². The summed E-state index contributed by atoms with van der Waals surface area (Å²) in [6.45, 7) is 10.7. The van der Waals surface area contributed by atoms with Crippen LogP contribution in [0.5, 0.6) is 0 Å². The Morgan fingerprint density at radius 2 is 1.66 bits per heavy atom. The molecule has 2 saturated carbocycles. The number of fused-ring (bicyclic) bond motifs is 5. The maximum atomic E-state index is 12.4. The summed E-state index contributed by atoms with van der Waals surface area (Å²) in [5, 5.41) is 0. The van der Waals surface area contributed by atoms with Crippen molar-refractivity contribution in [2.45, 2.75) is 85.7 Å². The quantitative estimate of drug-likeness (QED) is 0.509. The number of carbonyl (C=O) groups excluding carboxylic acids is 1. The van der Waals surface area contributed by atoms with E-state index in [-0.39, 0.29) is 16.6 Å². The van der Waals surface area contributed by atoms with Crippen molar-refractivity contribution >= 4 is 16.2 Å². The summed E-state index contributed by atoms with van der Waals surface area (Å²) in [4.78, 5) is 12.4. The molecule has 0 heterocycles. The molecule has 2 fully saturated rings. The Balaban J connectivity index is 1.66. The van der Waals surface area contributed by atoms with Crippen LogP contribution in [0, 0.1) is 28.6 Å². The average Bonchev–Trinajstić information content (AvgIpc) is 2.85. The van der Waals surface area contributed by atoms with Gasteiger partial charge in [-0.15, -0.1) is 0 Å². The first-order valence-corrected chi connectivity index (χ1v) is 12.3. The van der Waals surface area contributed by atoms with Crippen molar-refractivity contribution < 1.29 is 21.9 Å². The second-order valence-corrected chi connectivity index (χ2v) is 11.6. The molecule has 0 spiro atoms. The van der Waals surface area contributed by atoms with E-state index in [1.165, 1.54) is 16.7 Å². The van der Waals surface area contributed by atoms with E-state index in [1.807, 2.05) is 0 Å². The zero-order valence-electron chi connectivity index (χ0n) is 18.2. The van der Waals surface area contributed by atoms with E-state index in [0.29, 0.717) is 30.6 Å². The third kappa shape index (κ3) is 3.26. The van der Waals surface area contributed by atoms with Gasteiger partial charge in [-0.1, -0.05) is 30.6 Å². The van der Waals surface area contributed by atoms with E-state index in [2.05, 4.69) is 27.7 Å². The van der Waals surface area contributed by atoms with Crippen molar-refractivity contribution in [1.82, 2.24) is 0 Å². The Kier molecular flexibility index (Phi) is 4.96. The van der Waals surface area contributed by atoms with Crippen LogP contribution in [-0.4, -0.2) is 24.9 Å². The van der Waals surface area contributed by atoms with Crippen molar-refractivity contribution in [1.29, 1.82) is 0 Å². The Hall–Kier alpha value is -0.980. The number of allylic oxidation sites excluding steroid dienone is 3. The molecule has 4 aliphatic carbocycles. The molecule has 0 aromatic rings. The Bertz CT molecular complexity index is 914. The molecular weight excluding hydrogens is 388 g/mol. The monoisotopic (exact) mass is 422 g/mol. The molecule has 1 N–H and O–H groups in total. The van der Waals surface area contributed by atoms with Gasteiger partial charge in [0.15, 0.2) is 5.78 Å². The predicted octanol–water partition coefficient (Wildman–Crippen LogP) is 5.04. The summed E-state index contributed by atoms with van der Waals surface area (Å²) in [7, 11) is -4.42. The largest absolute Gasteiger partial charge is 0.397 e. The van der Waals surface area contributed by atoms with Gasteiger partial charge in [0, 0.05) is 0 Å². The zero-order chi connectivity index (χ0) is 21.4. The molecule has 0 aromatic carbocycles. The second-order valence-electron chi connectivity index (χ2n) is 10.5. The van der Waals surface area contributed by atoms with E-state index in [0.717, 1.165) is 37.7 Å². The van der Waals surface area contributed by atoms with Gasteiger partial charge in [0.25, 0.3) is 0 Å². The molecule has 0 bridgehead atoms. The summed E-state index contributed by atoms with van der Waals surface area (Å²) in [6.07, 6.45) is 5.87. The van der Waals surface area contributed by atoms with Gasteiger partial charge in [-0.2, -0.15) is 8.42 Å². The van der Waals surface area contributed by atoms with Crippen LogP contribution in [0.4, 0.5) is 0 Å². The van der Waals surface area contributed by atoms with Crippen LogP contribution in [0.25, 0.3) is 0 Å². The lowest BCUT2D eigenvalue weighted by Crippen LogP contribution is -2.51. The maximum Gasteiger partial charge on any atom is 0.397 e. The summed E-state index contributed by atoms with van der Waals surface area (Å²) in [6, 6.07) is 0. The van der Waals surface area contributed by atoms with Crippen molar-refractivity contribution in [3.05, 3.63) is 22.3 Å². The fourth-order valence-electron chi connectivity index (χ4n) is 7.97. The van der Waals surface area contributed by atoms with Gasteiger partial charge >= 0.3 is 10.4 Å². The van der Waals surface area contributed by atoms with Crippen LogP contribution in [0.1, 0.15) is 79.6 Å². The van der Waals surface area contributed by atoms with Crippen LogP contribution >= 0.6 is 0 Å². The minimum atomic E-state index is -4.42. The molecule has 0 amide bonds. The Morgan fingerprint density at radius 1 is 1.00 bits per heavy atom. The molecule has 0 radical (unpaired) electrons. The number of hydrogen-bond donors (Lipinski definition) is 1. The number of rotatable bonds is 3. The van der Waals surface area contributed by atoms with E-state index in [1.54, 1.807) is 6.92 Å². The second kappa shape index (κ2) is 6.76. The molecule has 0 aromatic heterocycles. The minimum Gasteiger partial charge on any atom is -0.295 e. The highest BCUT2D eigenvalue weighted by atomic mass is 32.3. The number of ketones is 1. The van der Waals surface area contributed by atoms with E-state index in [4.69, 9.17) is 8.74 Å². The molecule has 5 nitrogen and oxygen atoms in total. The van der Waals surface area contributed by atoms with Crippen LogP contribution in [0.3, 0.4) is 0 Å². The van der Waals surface area contributed by atoms with E-state index >= 15 is 0 Å². The highest BCUT2D eigenvalue weighted by molar-refractivity contribution is 7.80. The van der Waals surface area contributed by atoms with Gasteiger partial charge in [0.05, 0.1) is 6.10 Å². The zero-order valence-corrected chi connectivity index (χ0v) is 19.1. The SMILES string of the molecule is CC(=O)C1=C(C)C[C@H]2[C@@H]3CC(C)=C4CC(OS(=O)(=O)O)CC[C@]4(C)[C@H]3CC[C@]12C. The molecule has 4 rings (SSSR count). The summed E-state index contributed by atoms with van der Waals surface area (Å²) in [5.41, 5.74) is 5.13. The van der Waals surface area contributed by atoms with Gasteiger partial charge in [0.1, 0.15) is 0 Å². The molecule has 6 atom stereocenters. The first kappa shape index (κ1) is 21.3. The third-order valence-corrected chi connectivity index (χ3v) is 9.46. The number of hydrogen-bond acceptors (Lipinski definition) is 4. The van der Waals surface area contributed by atoms with Gasteiger partial charge < -0.3 is 0 Å². The van der Waals surface area contributed by atoms with Gasteiger partial charge in [-0.3, -0.25) is 9.35 Å². The number of Topliss-reactive ketones (excluding diaryl/α,β-unsaturated/α-hetero) is 1. The van der Waals surface area contributed by atoms with Crippen LogP contribution in [0.2, 0.25) is 0 Å². The predicted molar refractivity (Wildman–Crippen MR) is 112 cm³/mol. The smallest absolute Gasteiger partial charge is 0.295 e. The van der Waals surface area contributed by atoms with E-state index in [9.17, 15) is 13.2 Å². The minimum absolute atomic E-state index is 0.00347. The summed E-state index contributed by atoms with van der Waals surface area (Å²) in [5.74, 6) is 1.88. The van der Waals surface area contributed by atoms with Crippen LogP contribution in [0.15, 0.2) is 22.3 Å². The molecule has 6 heteroatoms. The Morgan fingerprint density at radius 3 is 2.28 bits per heavy atom. The standard InChI is InChI=1S/C23H34O5S/c1-13-10-17-18(7-9-23(5)20(17)11-14(2)21(23)15(3)24)22(4)8-6-16(12-19(13)22)28-29(25,26)27/h16-18,20H,6-12H2,1-5H3,(H,25,26,27)/t16?,17-,18+,20+,22-,23+/m1/s1. The van der Waals surface area contributed by atoms with Crippen molar-refractivity contribution in [3.8, 4) is 0 Å². The molecule has 4 aliphatic rings. The fourth-order valence-corrected chi connectivity index (χ4v) is 8.48. The molecule has 29 heavy (non-hydrogen) atoms. The fraction of sp³-hybridized carbons (Fsp3) is 0.783. The van der Waals surface area contributed by atoms with Crippen LogP contribution < -0.4 is 0 Å². The highest BCUT2D eigenvalue weighted by Crippen LogP contribution is 2.67. The van der Waals surface area contributed by atoms with Crippen LogP contribution in [-0.2, 0) is 19.4 Å². The normalized spacial score (nSPS) is 42.4.